The Kier molecular flexibility index (Phi) is 3.59. The molecule has 17 heavy (non-hydrogen) atoms. The minimum atomic E-state index is -0.0702. The van der Waals surface area contributed by atoms with Crippen LogP contribution in [0.3, 0.4) is 0 Å². The third kappa shape index (κ3) is 2.73. The van der Waals surface area contributed by atoms with E-state index in [0.717, 1.165) is 15.9 Å². The van der Waals surface area contributed by atoms with Crippen molar-refractivity contribution >= 4 is 15.9 Å². The van der Waals surface area contributed by atoms with Gasteiger partial charge < -0.3 is 5.73 Å². The summed E-state index contributed by atoms with van der Waals surface area (Å²) in [5.41, 5.74) is 7.83. The Labute approximate surface area is 109 Å². The highest BCUT2D eigenvalue weighted by Crippen LogP contribution is 2.18. The molecule has 2 aromatic rings. The van der Waals surface area contributed by atoms with Crippen LogP contribution in [0.1, 0.15) is 25.6 Å². The Bertz CT molecular complexity index is 489. The molecule has 0 bridgehead atoms. The van der Waals surface area contributed by atoms with Crippen molar-refractivity contribution in [3.63, 3.8) is 0 Å². The van der Waals surface area contributed by atoms with Crippen molar-refractivity contribution in [2.24, 2.45) is 11.7 Å². The number of aromatic nitrogens is 3. The zero-order chi connectivity index (χ0) is 12.4. The summed E-state index contributed by atoms with van der Waals surface area (Å²) in [6.45, 7) is 4.15. The van der Waals surface area contributed by atoms with Crippen LogP contribution in [0.25, 0.3) is 5.69 Å². The van der Waals surface area contributed by atoms with E-state index in [1.54, 1.807) is 4.68 Å². The molecule has 4 nitrogen and oxygen atoms in total. The number of hydrogen-bond donors (Lipinski definition) is 1. The number of nitrogens with two attached hydrogens (primary N) is 1. The molecule has 1 atom stereocenters. The summed E-state index contributed by atoms with van der Waals surface area (Å²) in [5, 5.41) is 8.20. The summed E-state index contributed by atoms with van der Waals surface area (Å²) in [4.78, 5) is 0. The van der Waals surface area contributed by atoms with Gasteiger partial charge in [0.25, 0.3) is 0 Å². The lowest BCUT2D eigenvalue weighted by Gasteiger charge is -2.11. The summed E-state index contributed by atoms with van der Waals surface area (Å²) < 4.78 is 2.78. The van der Waals surface area contributed by atoms with Crippen LogP contribution >= 0.6 is 15.9 Å². The molecule has 0 aliphatic rings. The molecular formula is C12H15BrN4. The second-order valence-corrected chi connectivity index (χ2v) is 5.25. The molecule has 0 fully saturated rings. The van der Waals surface area contributed by atoms with Gasteiger partial charge in [-0.25, -0.2) is 4.68 Å². The molecule has 0 aliphatic heterocycles. The maximum atomic E-state index is 6.03. The Morgan fingerprint density at radius 2 is 1.88 bits per heavy atom. The first-order chi connectivity index (χ1) is 8.08. The topological polar surface area (TPSA) is 56.7 Å². The second kappa shape index (κ2) is 4.98. The predicted molar refractivity (Wildman–Crippen MR) is 70.8 cm³/mol. The van der Waals surface area contributed by atoms with Crippen molar-refractivity contribution in [3.8, 4) is 5.69 Å². The Morgan fingerprint density at radius 3 is 2.47 bits per heavy atom. The maximum absolute atomic E-state index is 6.03. The highest BCUT2D eigenvalue weighted by atomic mass is 79.9. The van der Waals surface area contributed by atoms with Crippen molar-refractivity contribution < 1.29 is 0 Å². The van der Waals surface area contributed by atoms with Crippen LogP contribution in [0.4, 0.5) is 0 Å². The molecule has 2 N–H and O–H groups in total. The van der Waals surface area contributed by atoms with Gasteiger partial charge in [-0.1, -0.05) is 35.0 Å². The molecule has 2 rings (SSSR count). The summed E-state index contributed by atoms with van der Waals surface area (Å²) >= 11 is 3.40. The van der Waals surface area contributed by atoms with Crippen molar-refractivity contribution in [1.29, 1.82) is 0 Å². The molecule has 0 saturated heterocycles. The van der Waals surface area contributed by atoms with Gasteiger partial charge in [-0.15, -0.1) is 5.10 Å². The van der Waals surface area contributed by atoms with Crippen LogP contribution in [-0.4, -0.2) is 15.0 Å². The molecule has 1 heterocycles. The Hall–Kier alpha value is -1.20. The first-order valence-corrected chi connectivity index (χ1v) is 6.31. The van der Waals surface area contributed by atoms with Crippen molar-refractivity contribution in [1.82, 2.24) is 15.0 Å². The van der Waals surface area contributed by atoms with E-state index in [4.69, 9.17) is 5.73 Å². The van der Waals surface area contributed by atoms with Gasteiger partial charge in [0.2, 0.25) is 0 Å². The van der Waals surface area contributed by atoms with E-state index >= 15 is 0 Å². The van der Waals surface area contributed by atoms with Crippen LogP contribution < -0.4 is 5.73 Å². The van der Waals surface area contributed by atoms with Crippen LogP contribution in [0.5, 0.6) is 0 Å². The normalized spacial score (nSPS) is 13.0. The zero-order valence-corrected chi connectivity index (χ0v) is 11.4. The molecule has 5 heteroatoms. The molecule has 0 saturated carbocycles. The van der Waals surface area contributed by atoms with Gasteiger partial charge in [0.15, 0.2) is 0 Å². The third-order valence-corrected chi connectivity index (χ3v) is 3.19. The van der Waals surface area contributed by atoms with Crippen LogP contribution in [0.2, 0.25) is 0 Å². The lowest BCUT2D eigenvalue weighted by Crippen LogP contribution is -2.17. The van der Waals surface area contributed by atoms with Crippen LogP contribution in [0, 0.1) is 5.92 Å². The van der Waals surface area contributed by atoms with Gasteiger partial charge in [-0.2, -0.15) is 0 Å². The van der Waals surface area contributed by atoms with Gasteiger partial charge in [0.05, 0.1) is 17.9 Å². The number of rotatable bonds is 3. The number of hydrogen-bond acceptors (Lipinski definition) is 3. The minimum absolute atomic E-state index is 0.0702. The van der Waals surface area contributed by atoms with Gasteiger partial charge in [0, 0.05) is 4.47 Å². The quantitative estimate of drug-likeness (QED) is 0.947. The van der Waals surface area contributed by atoms with Crippen molar-refractivity contribution in [3.05, 3.63) is 40.6 Å². The second-order valence-electron chi connectivity index (χ2n) is 4.33. The zero-order valence-electron chi connectivity index (χ0n) is 9.84. The molecule has 0 radical (unpaired) electrons. The highest BCUT2D eigenvalue weighted by Gasteiger charge is 2.14. The van der Waals surface area contributed by atoms with Gasteiger partial charge >= 0.3 is 0 Å². The fourth-order valence-electron chi connectivity index (χ4n) is 1.49. The smallest absolute Gasteiger partial charge is 0.100 e. The average molecular weight is 295 g/mol. The monoisotopic (exact) mass is 294 g/mol. The predicted octanol–water partition coefficient (Wildman–Crippen LogP) is 2.69. The fraction of sp³-hybridized carbons (Fsp3) is 0.333. The maximum Gasteiger partial charge on any atom is 0.100 e. The van der Waals surface area contributed by atoms with Crippen molar-refractivity contribution in [2.75, 3.05) is 0 Å². The first-order valence-electron chi connectivity index (χ1n) is 5.51. The molecule has 0 spiro atoms. The molecular weight excluding hydrogens is 280 g/mol. The van der Waals surface area contributed by atoms with E-state index in [0.29, 0.717) is 5.92 Å². The number of halogens is 1. The third-order valence-electron chi connectivity index (χ3n) is 2.66. The number of benzene rings is 1. The van der Waals surface area contributed by atoms with Gasteiger partial charge in [-0.05, 0) is 30.2 Å². The first kappa shape index (κ1) is 12.3. The summed E-state index contributed by atoms with van der Waals surface area (Å²) in [5.74, 6) is 0.352. The Morgan fingerprint density at radius 1 is 1.24 bits per heavy atom. The molecule has 1 aromatic heterocycles. The van der Waals surface area contributed by atoms with Gasteiger partial charge in [0.1, 0.15) is 5.69 Å². The lowest BCUT2D eigenvalue weighted by molar-refractivity contribution is 0.502. The van der Waals surface area contributed by atoms with Crippen LogP contribution in [-0.2, 0) is 0 Å². The summed E-state index contributed by atoms with van der Waals surface area (Å²) in [6.07, 6.45) is 1.88. The van der Waals surface area contributed by atoms with E-state index in [2.05, 4.69) is 40.1 Å². The molecule has 1 unspecified atom stereocenters. The average Bonchev–Trinajstić information content (AvgIpc) is 2.78. The van der Waals surface area contributed by atoms with Gasteiger partial charge in [-0.3, -0.25) is 0 Å². The Balaban J connectivity index is 2.26. The summed E-state index contributed by atoms with van der Waals surface area (Å²) in [7, 11) is 0. The van der Waals surface area contributed by atoms with Crippen molar-refractivity contribution in [2.45, 2.75) is 19.9 Å². The molecule has 0 aliphatic carbocycles. The van der Waals surface area contributed by atoms with E-state index in [9.17, 15) is 0 Å². The van der Waals surface area contributed by atoms with E-state index in [1.807, 2.05) is 30.5 Å². The minimum Gasteiger partial charge on any atom is -0.322 e. The number of nitrogens with zero attached hydrogens (tertiary/aromatic N) is 3. The highest BCUT2D eigenvalue weighted by molar-refractivity contribution is 9.10. The standard InChI is InChI=1S/C12H15BrN4/c1-8(2)12(14)11-7-17(16-15-11)10-5-3-9(13)4-6-10/h3-8,12H,14H2,1-2H3. The molecule has 1 aromatic carbocycles. The molecule has 90 valence electrons. The van der Waals surface area contributed by atoms with E-state index in [1.165, 1.54) is 0 Å². The largest absolute Gasteiger partial charge is 0.322 e. The van der Waals surface area contributed by atoms with E-state index < -0.39 is 0 Å². The summed E-state index contributed by atoms with van der Waals surface area (Å²) in [6, 6.07) is 7.82. The SMILES string of the molecule is CC(C)C(N)c1cn(-c2ccc(Br)cc2)nn1. The van der Waals surface area contributed by atoms with Crippen LogP contribution in [0.15, 0.2) is 34.9 Å². The lowest BCUT2D eigenvalue weighted by atomic mass is 10.0. The fourth-order valence-corrected chi connectivity index (χ4v) is 1.76. The van der Waals surface area contributed by atoms with E-state index in [-0.39, 0.29) is 6.04 Å². The molecule has 0 amide bonds.